The molecule has 2 rings (SSSR count). The molecule has 0 aromatic heterocycles. The van der Waals surface area contributed by atoms with Gasteiger partial charge in [-0.1, -0.05) is 27.2 Å². The van der Waals surface area contributed by atoms with E-state index in [1.807, 2.05) is 0 Å². The molecule has 3 heteroatoms. The van der Waals surface area contributed by atoms with Crippen molar-refractivity contribution >= 4 is 0 Å². The van der Waals surface area contributed by atoms with Crippen molar-refractivity contribution in [1.82, 2.24) is 15.1 Å². The molecule has 0 bridgehead atoms. The molecule has 0 spiro atoms. The molecule has 2 aliphatic rings. The average Bonchev–Trinajstić information content (AvgIpc) is 2.38. The Hall–Kier alpha value is -0.120. The van der Waals surface area contributed by atoms with Gasteiger partial charge in [0.15, 0.2) is 0 Å². The lowest BCUT2D eigenvalue weighted by molar-refractivity contribution is 0.00838. The maximum Gasteiger partial charge on any atom is 0.0223 e. The predicted molar refractivity (Wildman–Crippen MR) is 82.5 cm³/mol. The fourth-order valence-corrected chi connectivity index (χ4v) is 3.69. The summed E-state index contributed by atoms with van der Waals surface area (Å²) in [5.74, 6) is 0.719. The number of piperidine rings is 1. The highest BCUT2D eigenvalue weighted by Crippen LogP contribution is 2.24. The second kappa shape index (κ2) is 7.05. The molecule has 2 aliphatic heterocycles. The summed E-state index contributed by atoms with van der Waals surface area (Å²) in [6.07, 6.45) is 4.26. The normalized spacial score (nSPS) is 31.4. The van der Waals surface area contributed by atoms with Crippen LogP contribution in [-0.2, 0) is 0 Å². The number of piperazine rings is 1. The number of nitrogens with zero attached hydrogens (tertiary/aromatic N) is 2. The van der Waals surface area contributed by atoms with Gasteiger partial charge in [0, 0.05) is 37.8 Å². The van der Waals surface area contributed by atoms with Crippen LogP contribution in [0.4, 0.5) is 0 Å². The van der Waals surface area contributed by atoms with Crippen LogP contribution in [-0.4, -0.2) is 60.6 Å². The minimum Gasteiger partial charge on any atom is -0.313 e. The lowest BCUT2D eigenvalue weighted by Crippen LogP contribution is -2.61. The molecular formula is C16H33N3. The van der Waals surface area contributed by atoms with E-state index in [9.17, 15) is 0 Å². The summed E-state index contributed by atoms with van der Waals surface area (Å²) in [4.78, 5) is 5.47. The summed E-state index contributed by atoms with van der Waals surface area (Å²) < 4.78 is 0. The van der Waals surface area contributed by atoms with E-state index in [0.717, 1.165) is 18.5 Å². The molecular weight excluding hydrogens is 234 g/mol. The molecule has 0 saturated carbocycles. The minimum atomic E-state index is 0.641. The fraction of sp³-hybridized carbons (Fsp3) is 1.00. The first-order valence-corrected chi connectivity index (χ1v) is 8.33. The lowest BCUT2D eigenvalue weighted by Gasteiger charge is -2.48. The number of likely N-dealkylation sites (N-methyl/N-ethyl adjacent to an activating group) is 1. The van der Waals surface area contributed by atoms with Gasteiger partial charge < -0.3 is 5.32 Å². The number of fused-ring (bicyclic) bond motifs is 1. The van der Waals surface area contributed by atoms with Crippen molar-refractivity contribution in [2.75, 3.05) is 32.7 Å². The van der Waals surface area contributed by atoms with E-state index in [4.69, 9.17) is 0 Å². The summed E-state index contributed by atoms with van der Waals surface area (Å²) in [6, 6.07) is 2.19. The van der Waals surface area contributed by atoms with E-state index in [0.29, 0.717) is 12.1 Å². The molecule has 3 unspecified atom stereocenters. The molecule has 3 atom stereocenters. The molecule has 2 fully saturated rings. The Balaban J connectivity index is 1.91. The summed E-state index contributed by atoms with van der Waals surface area (Å²) in [5.41, 5.74) is 0. The van der Waals surface area contributed by atoms with Gasteiger partial charge in [0.1, 0.15) is 0 Å². The van der Waals surface area contributed by atoms with Crippen LogP contribution < -0.4 is 5.32 Å². The van der Waals surface area contributed by atoms with Gasteiger partial charge >= 0.3 is 0 Å². The molecule has 1 N–H and O–H groups in total. The number of hydrogen-bond acceptors (Lipinski definition) is 3. The van der Waals surface area contributed by atoms with Crippen LogP contribution in [0, 0.1) is 5.92 Å². The first kappa shape index (κ1) is 15.3. The van der Waals surface area contributed by atoms with Crippen LogP contribution in [0.5, 0.6) is 0 Å². The zero-order valence-electron chi connectivity index (χ0n) is 13.4. The Labute approximate surface area is 119 Å². The van der Waals surface area contributed by atoms with Crippen molar-refractivity contribution in [3.63, 3.8) is 0 Å². The Morgan fingerprint density at radius 1 is 1.21 bits per heavy atom. The molecule has 19 heavy (non-hydrogen) atoms. The maximum atomic E-state index is 3.67. The van der Waals surface area contributed by atoms with Crippen LogP contribution in [0.15, 0.2) is 0 Å². The van der Waals surface area contributed by atoms with Gasteiger partial charge in [0.2, 0.25) is 0 Å². The third-order valence-corrected chi connectivity index (χ3v) is 5.02. The van der Waals surface area contributed by atoms with Crippen molar-refractivity contribution < 1.29 is 0 Å². The van der Waals surface area contributed by atoms with Gasteiger partial charge in [-0.2, -0.15) is 0 Å². The van der Waals surface area contributed by atoms with Crippen molar-refractivity contribution in [1.29, 1.82) is 0 Å². The molecule has 0 amide bonds. The largest absolute Gasteiger partial charge is 0.313 e. The summed E-state index contributed by atoms with van der Waals surface area (Å²) in [7, 11) is 0. The van der Waals surface area contributed by atoms with Crippen LogP contribution in [0.25, 0.3) is 0 Å². The molecule has 0 aromatic carbocycles. The highest BCUT2D eigenvalue weighted by molar-refractivity contribution is 4.90. The Bertz CT molecular complexity index is 267. The van der Waals surface area contributed by atoms with Crippen LogP contribution in [0.3, 0.4) is 0 Å². The summed E-state index contributed by atoms with van der Waals surface area (Å²) in [6.45, 7) is 15.5. The van der Waals surface area contributed by atoms with Crippen molar-refractivity contribution in [3.05, 3.63) is 0 Å². The quantitative estimate of drug-likeness (QED) is 0.824. The maximum absolute atomic E-state index is 3.67. The second-order valence-corrected chi connectivity index (χ2v) is 6.86. The molecule has 2 saturated heterocycles. The van der Waals surface area contributed by atoms with Gasteiger partial charge in [-0.25, -0.2) is 0 Å². The monoisotopic (exact) mass is 267 g/mol. The zero-order chi connectivity index (χ0) is 13.8. The van der Waals surface area contributed by atoms with E-state index < -0.39 is 0 Å². The van der Waals surface area contributed by atoms with Crippen LogP contribution in [0.2, 0.25) is 0 Å². The number of rotatable bonds is 5. The zero-order valence-corrected chi connectivity index (χ0v) is 13.4. The average molecular weight is 267 g/mol. The standard InChI is InChI=1S/C16H33N3/c1-5-17-16(13(2)3)12-19-11-15-8-6-7-9-18(15)10-14(19)4/h13-17H,5-12H2,1-4H3. The second-order valence-electron chi connectivity index (χ2n) is 6.86. The molecule has 112 valence electrons. The molecule has 3 nitrogen and oxygen atoms in total. The Morgan fingerprint density at radius 3 is 2.68 bits per heavy atom. The number of nitrogens with one attached hydrogen (secondary N) is 1. The third-order valence-electron chi connectivity index (χ3n) is 5.02. The van der Waals surface area contributed by atoms with Crippen molar-refractivity contribution in [3.8, 4) is 0 Å². The van der Waals surface area contributed by atoms with E-state index in [1.54, 1.807) is 0 Å². The summed E-state index contributed by atoms with van der Waals surface area (Å²) in [5, 5.41) is 3.67. The third kappa shape index (κ3) is 3.93. The van der Waals surface area contributed by atoms with Gasteiger partial charge in [-0.05, 0) is 38.8 Å². The highest BCUT2D eigenvalue weighted by Gasteiger charge is 2.33. The minimum absolute atomic E-state index is 0.641. The Morgan fingerprint density at radius 2 is 2.00 bits per heavy atom. The first-order chi connectivity index (χ1) is 9.11. The van der Waals surface area contributed by atoms with Gasteiger partial charge in [-0.15, -0.1) is 0 Å². The molecule has 0 radical (unpaired) electrons. The van der Waals surface area contributed by atoms with Gasteiger partial charge in [-0.3, -0.25) is 9.80 Å². The number of hydrogen-bond donors (Lipinski definition) is 1. The predicted octanol–water partition coefficient (Wildman–Crippen LogP) is 2.18. The van der Waals surface area contributed by atoms with Crippen molar-refractivity contribution in [2.24, 2.45) is 5.92 Å². The van der Waals surface area contributed by atoms with Crippen LogP contribution >= 0.6 is 0 Å². The van der Waals surface area contributed by atoms with E-state index in [-0.39, 0.29) is 0 Å². The molecule has 0 aliphatic carbocycles. The smallest absolute Gasteiger partial charge is 0.0223 e. The van der Waals surface area contributed by atoms with Gasteiger partial charge in [0.05, 0.1) is 0 Å². The van der Waals surface area contributed by atoms with Crippen LogP contribution in [0.1, 0.15) is 47.0 Å². The topological polar surface area (TPSA) is 18.5 Å². The lowest BCUT2D eigenvalue weighted by atomic mass is 9.95. The highest BCUT2D eigenvalue weighted by atomic mass is 15.3. The Kier molecular flexibility index (Phi) is 5.67. The SMILES string of the molecule is CCNC(CN1CC2CCCCN2CC1C)C(C)C. The van der Waals surface area contributed by atoms with Crippen molar-refractivity contribution in [2.45, 2.75) is 65.1 Å². The van der Waals surface area contributed by atoms with E-state index >= 15 is 0 Å². The molecule has 0 aromatic rings. The van der Waals surface area contributed by atoms with Gasteiger partial charge in [0.25, 0.3) is 0 Å². The van der Waals surface area contributed by atoms with E-state index in [1.165, 1.54) is 45.4 Å². The van der Waals surface area contributed by atoms with E-state index in [2.05, 4.69) is 42.8 Å². The summed E-state index contributed by atoms with van der Waals surface area (Å²) >= 11 is 0. The molecule has 2 heterocycles. The first-order valence-electron chi connectivity index (χ1n) is 8.33. The fourth-order valence-electron chi connectivity index (χ4n) is 3.69.